The monoisotopic (exact) mass is 752 g/mol. The number of nitrogens with zero attached hydrogens (tertiary/aromatic N) is 2. The minimum atomic E-state index is 0.0741. The van der Waals surface area contributed by atoms with Crippen molar-refractivity contribution in [1.82, 2.24) is 0 Å². The SMILES string of the molecule is C/C=C\C(=C/C)c1ccc(N(c2ccc(-c3ccccc3)cc2)c2ccc(-c3ccc(-c4ccc(N5c6ccccc6C6(C)CCCCC56C)cc4)cc3)cc2)cc1. The van der Waals surface area contributed by atoms with Crippen molar-refractivity contribution in [2.45, 2.75) is 64.3 Å². The molecule has 2 atom stereocenters. The van der Waals surface area contributed by atoms with Gasteiger partial charge in [-0.1, -0.05) is 159 Å². The van der Waals surface area contributed by atoms with Gasteiger partial charge in [0.15, 0.2) is 0 Å². The van der Waals surface area contributed by atoms with E-state index in [9.17, 15) is 0 Å². The molecule has 7 aromatic carbocycles. The lowest BCUT2D eigenvalue weighted by atomic mass is 9.61. The van der Waals surface area contributed by atoms with E-state index in [0.717, 1.165) is 17.1 Å². The van der Waals surface area contributed by atoms with E-state index in [1.165, 1.54) is 87.1 Å². The number of benzene rings is 7. The Morgan fingerprint density at radius 1 is 0.500 bits per heavy atom. The van der Waals surface area contributed by atoms with Crippen LogP contribution in [0.3, 0.4) is 0 Å². The molecule has 2 heteroatoms. The van der Waals surface area contributed by atoms with Crippen LogP contribution in [0.1, 0.15) is 64.5 Å². The number of para-hydroxylation sites is 1. The quantitative estimate of drug-likeness (QED) is 0.136. The summed E-state index contributed by atoms with van der Waals surface area (Å²) in [6, 6.07) is 64.8. The van der Waals surface area contributed by atoms with Gasteiger partial charge in [0.05, 0.1) is 5.54 Å². The summed E-state index contributed by atoms with van der Waals surface area (Å²) in [5, 5.41) is 0. The maximum absolute atomic E-state index is 2.65. The molecule has 0 aromatic heterocycles. The maximum atomic E-state index is 2.65. The second-order valence-electron chi connectivity index (χ2n) is 16.4. The van der Waals surface area contributed by atoms with Crippen molar-refractivity contribution in [1.29, 1.82) is 0 Å². The summed E-state index contributed by atoms with van der Waals surface area (Å²) in [4.78, 5) is 4.99. The molecule has 0 spiro atoms. The molecule has 0 amide bonds. The number of hydrogen-bond acceptors (Lipinski definition) is 2. The standard InChI is InChI=1S/C56H52N2/c1-5-14-41(6-2)43-23-31-49(32-24-43)57(50-33-25-46(26-34-50)42-15-8-7-9-16-42)51-35-27-47(28-36-51)44-19-21-45(22-20-44)48-29-37-52(38-30-48)58-54-18-11-10-17-53(54)55(3)39-12-13-40-56(55,58)4/h5-11,14-38H,12-13,39-40H2,1-4H3/b14-5-,41-6+. The second kappa shape index (κ2) is 15.5. The summed E-state index contributed by atoms with van der Waals surface area (Å²) < 4.78 is 0. The molecule has 0 saturated heterocycles. The van der Waals surface area contributed by atoms with Gasteiger partial charge in [-0.3, -0.25) is 0 Å². The molecule has 1 aliphatic carbocycles. The molecular weight excluding hydrogens is 701 g/mol. The summed E-state index contributed by atoms with van der Waals surface area (Å²) in [5.41, 5.74) is 17.5. The molecule has 0 N–H and O–H groups in total. The van der Waals surface area contributed by atoms with Crippen molar-refractivity contribution in [3.05, 3.63) is 205 Å². The Kier molecular flexibility index (Phi) is 9.96. The zero-order chi connectivity index (χ0) is 39.7. The Morgan fingerprint density at radius 3 is 1.48 bits per heavy atom. The summed E-state index contributed by atoms with van der Waals surface area (Å²) >= 11 is 0. The average Bonchev–Trinajstić information content (AvgIpc) is 3.50. The van der Waals surface area contributed by atoms with Crippen LogP contribution in [-0.4, -0.2) is 5.54 Å². The first-order valence-electron chi connectivity index (χ1n) is 21.0. The molecular formula is C56H52N2. The summed E-state index contributed by atoms with van der Waals surface area (Å²) in [6.07, 6.45) is 11.5. The van der Waals surface area contributed by atoms with Crippen LogP contribution in [0.4, 0.5) is 28.4 Å². The van der Waals surface area contributed by atoms with Crippen molar-refractivity contribution >= 4 is 34.0 Å². The minimum absolute atomic E-state index is 0.0741. The Balaban J connectivity index is 0.973. The van der Waals surface area contributed by atoms with Crippen molar-refractivity contribution in [3.8, 4) is 33.4 Å². The van der Waals surface area contributed by atoms with Crippen LogP contribution in [0, 0.1) is 0 Å². The van der Waals surface area contributed by atoms with Crippen LogP contribution in [-0.2, 0) is 5.41 Å². The van der Waals surface area contributed by atoms with E-state index < -0.39 is 0 Å². The highest BCUT2D eigenvalue weighted by Crippen LogP contribution is 2.60. The third-order valence-corrected chi connectivity index (χ3v) is 13.2. The van der Waals surface area contributed by atoms with Crippen molar-refractivity contribution in [3.63, 3.8) is 0 Å². The third-order valence-electron chi connectivity index (χ3n) is 13.2. The Bertz CT molecular complexity index is 2560. The zero-order valence-electron chi connectivity index (χ0n) is 34.2. The molecule has 1 fully saturated rings. The second-order valence-corrected chi connectivity index (χ2v) is 16.4. The number of hydrogen-bond donors (Lipinski definition) is 0. The normalized spacial score (nSPS) is 18.9. The van der Waals surface area contributed by atoms with Crippen molar-refractivity contribution < 1.29 is 0 Å². The van der Waals surface area contributed by atoms with E-state index in [1.54, 1.807) is 0 Å². The number of fused-ring (bicyclic) bond motifs is 3. The maximum Gasteiger partial charge on any atom is 0.0517 e. The molecule has 2 aliphatic rings. The van der Waals surface area contributed by atoms with Gasteiger partial charge in [0.1, 0.15) is 0 Å². The molecule has 0 radical (unpaired) electrons. The Hall–Kier alpha value is -6.38. The first-order valence-corrected chi connectivity index (χ1v) is 21.0. The number of anilines is 5. The van der Waals surface area contributed by atoms with Crippen molar-refractivity contribution in [2.24, 2.45) is 0 Å². The van der Waals surface area contributed by atoms with Crippen LogP contribution < -0.4 is 9.80 Å². The minimum Gasteiger partial charge on any atom is -0.334 e. The fourth-order valence-corrected chi connectivity index (χ4v) is 9.78. The molecule has 1 aliphatic heterocycles. The van der Waals surface area contributed by atoms with Crippen molar-refractivity contribution in [2.75, 3.05) is 9.80 Å². The van der Waals surface area contributed by atoms with E-state index in [4.69, 9.17) is 0 Å². The van der Waals surface area contributed by atoms with E-state index in [-0.39, 0.29) is 11.0 Å². The number of rotatable bonds is 9. The third kappa shape index (κ3) is 6.57. The molecule has 0 bridgehead atoms. The lowest BCUT2D eigenvalue weighted by Gasteiger charge is -2.50. The lowest BCUT2D eigenvalue weighted by Crippen LogP contribution is -2.54. The Morgan fingerprint density at radius 2 is 0.948 bits per heavy atom. The van der Waals surface area contributed by atoms with Gasteiger partial charge in [-0.15, -0.1) is 0 Å². The molecule has 9 rings (SSSR count). The molecule has 2 nitrogen and oxygen atoms in total. The van der Waals surface area contributed by atoms with Crippen LogP contribution in [0.25, 0.3) is 39.0 Å². The van der Waals surface area contributed by atoms with Gasteiger partial charge in [-0.05, 0) is 138 Å². The molecule has 58 heavy (non-hydrogen) atoms. The largest absolute Gasteiger partial charge is 0.334 e. The number of allylic oxidation sites excluding steroid dienone is 4. The van der Waals surface area contributed by atoms with Gasteiger partial charge in [-0.2, -0.15) is 0 Å². The summed E-state index contributed by atoms with van der Waals surface area (Å²) in [7, 11) is 0. The first-order chi connectivity index (χ1) is 28.4. The fraction of sp³-hybridized carbons (Fsp3) is 0.179. The Labute approximate surface area is 345 Å². The van der Waals surface area contributed by atoms with Crippen LogP contribution >= 0.6 is 0 Å². The zero-order valence-corrected chi connectivity index (χ0v) is 34.2. The molecule has 286 valence electrons. The first kappa shape index (κ1) is 37.2. The fourth-order valence-electron chi connectivity index (χ4n) is 9.78. The molecule has 1 heterocycles. The highest BCUT2D eigenvalue weighted by Gasteiger charge is 2.57. The lowest BCUT2D eigenvalue weighted by molar-refractivity contribution is 0.195. The highest BCUT2D eigenvalue weighted by molar-refractivity contribution is 5.83. The molecule has 7 aromatic rings. The topological polar surface area (TPSA) is 6.48 Å². The predicted molar refractivity (Wildman–Crippen MR) is 249 cm³/mol. The smallest absolute Gasteiger partial charge is 0.0517 e. The van der Waals surface area contributed by atoms with Crippen LogP contribution in [0.2, 0.25) is 0 Å². The summed E-state index contributed by atoms with van der Waals surface area (Å²) in [5.74, 6) is 0. The van der Waals surface area contributed by atoms with Gasteiger partial charge in [-0.25, -0.2) is 0 Å². The van der Waals surface area contributed by atoms with Gasteiger partial charge in [0.2, 0.25) is 0 Å². The van der Waals surface area contributed by atoms with E-state index >= 15 is 0 Å². The predicted octanol–water partition coefficient (Wildman–Crippen LogP) is 15.9. The van der Waals surface area contributed by atoms with E-state index in [2.05, 4.69) is 232 Å². The highest BCUT2D eigenvalue weighted by atomic mass is 15.3. The average molecular weight is 753 g/mol. The van der Waals surface area contributed by atoms with Gasteiger partial charge in [0, 0.05) is 33.9 Å². The van der Waals surface area contributed by atoms with E-state index in [0.29, 0.717) is 0 Å². The molecule has 2 unspecified atom stereocenters. The van der Waals surface area contributed by atoms with Gasteiger partial charge in [0.25, 0.3) is 0 Å². The van der Waals surface area contributed by atoms with Gasteiger partial charge >= 0.3 is 0 Å². The molecule has 1 saturated carbocycles. The van der Waals surface area contributed by atoms with E-state index in [1.807, 2.05) is 0 Å². The van der Waals surface area contributed by atoms with Crippen LogP contribution in [0.15, 0.2) is 194 Å². The van der Waals surface area contributed by atoms with Gasteiger partial charge < -0.3 is 9.80 Å². The summed E-state index contributed by atoms with van der Waals surface area (Å²) in [6.45, 7) is 9.15. The van der Waals surface area contributed by atoms with Crippen LogP contribution in [0.5, 0.6) is 0 Å².